The number of Topliss-reactive ketones (excluding diaryl/α,β-unsaturated/α-hetero) is 1. The number of hydrogen-bond acceptors (Lipinski definition) is 2. The van der Waals surface area contributed by atoms with E-state index >= 15 is 0 Å². The zero-order chi connectivity index (χ0) is 12.4. The summed E-state index contributed by atoms with van der Waals surface area (Å²) in [6.45, 7) is 2.68. The van der Waals surface area contributed by atoms with Crippen LogP contribution in [-0.2, 0) is 9.36 Å². The lowest BCUT2D eigenvalue weighted by molar-refractivity contribution is -0.121. The van der Waals surface area contributed by atoms with Gasteiger partial charge in [-0.3, -0.25) is 9.36 Å². The summed E-state index contributed by atoms with van der Waals surface area (Å²) in [5.74, 6) is 0.268. The maximum absolute atomic E-state index is 11.8. The highest BCUT2D eigenvalue weighted by atomic mass is 31.2. The minimum absolute atomic E-state index is 0.294. The first-order valence-corrected chi connectivity index (χ1v) is 7.45. The number of rotatable bonds is 5. The largest absolute Gasteiger partial charge is 0.338 e. The van der Waals surface area contributed by atoms with Gasteiger partial charge in [0.2, 0.25) is 0 Å². The molecule has 0 radical (unpaired) electrons. The molecule has 94 valence electrons. The Morgan fingerprint density at radius 2 is 1.81 bits per heavy atom. The van der Waals surface area contributed by atoms with Gasteiger partial charge in [0.25, 0.3) is 0 Å². The van der Waals surface area contributed by atoms with Crippen molar-refractivity contribution in [1.82, 2.24) is 0 Å². The number of carbonyl (C=O) groups excluding carboxylic acids is 1. The summed E-state index contributed by atoms with van der Waals surface area (Å²) in [4.78, 5) is 30.0. The van der Waals surface area contributed by atoms with Gasteiger partial charge in [-0.2, -0.15) is 0 Å². The Bertz CT molecular complexity index is 299. The lowest BCUT2D eigenvalue weighted by Crippen LogP contribution is -2.31. The minimum atomic E-state index is -4.34. The molecule has 1 aliphatic rings. The second-order valence-corrected chi connectivity index (χ2v) is 7.42. The monoisotopic (exact) mass is 248 g/mol. The molecule has 0 amide bonds. The summed E-state index contributed by atoms with van der Waals surface area (Å²) in [7, 11) is -4.34. The van der Waals surface area contributed by atoms with Crippen LogP contribution in [0, 0.1) is 5.92 Å². The molecule has 0 saturated heterocycles. The normalized spacial score (nSPS) is 19.0. The Balaban J connectivity index is 2.48. The molecule has 0 heterocycles. The molecule has 0 bridgehead atoms. The Kier molecular flexibility index (Phi) is 4.33. The van der Waals surface area contributed by atoms with E-state index in [4.69, 9.17) is 9.79 Å². The van der Waals surface area contributed by atoms with Crippen molar-refractivity contribution in [3.8, 4) is 0 Å². The first-order valence-electron chi connectivity index (χ1n) is 5.84. The molecule has 2 N–H and O–H groups in total. The maximum atomic E-state index is 11.8. The zero-order valence-corrected chi connectivity index (χ0v) is 10.9. The second kappa shape index (κ2) is 4.99. The molecule has 0 aromatic rings. The van der Waals surface area contributed by atoms with Gasteiger partial charge in [0.15, 0.2) is 5.78 Å². The maximum Gasteiger partial charge on any atom is 0.338 e. The lowest BCUT2D eigenvalue weighted by atomic mass is 9.96. The molecule has 5 heteroatoms. The van der Waals surface area contributed by atoms with E-state index in [1.807, 2.05) is 0 Å². The molecular weight excluding hydrogens is 227 g/mol. The number of carbonyl (C=O) groups is 1. The van der Waals surface area contributed by atoms with E-state index in [-0.39, 0.29) is 5.78 Å². The average Bonchev–Trinajstić information content (AvgIpc) is 2.64. The van der Waals surface area contributed by atoms with Crippen molar-refractivity contribution in [3.63, 3.8) is 0 Å². The van der Waals surface area contributed by atoms with Crippen molar-refractivity contribution in [3.05, 3.63) is 0 Å². The van der Waals surface area contributed by atoms with E-state index in [9.17, 15) is 9.36 Å². The average molecular weight is 248 g/mol. The standard InChI is InChI=1S/C11H21O4P/c1-11(2,16(13,14)15)10(12)8-7-9-5-3-4-6-9/h9H,3-8H2,1-2H3,(H2,13,14,15). The van der Waals surface area contributed by atoms with Crippen LogP contribution in [0.3, 0.4) is 0 Å². The molecule has 0 unspecified atom stereocenters. The van der Waals surface area contributed by atoms with Gasteiger partial charge in [-0.05, 0) is 26.2 Å². The van der Waals surface area contributed by atoms with Crippen LogP contribution in [0.5, 0.6) is 0 Å². The molecule has 16 heavy (non-hydrogen) atoms. The van der Waals surface area contributed by atoms with Crippen molar-refractivity contribution in [2.24, 2.45) is 5.92 Å². The molecule has 1 fully saturated rings. The predicted octanol–water partition coefficient (Wildman–Crippen LogP) is 2.48. The highest BCUT2D eigenvalue weighted by Crippen LogP contribution is 2.51. The third-order valence-corrected chi connectivity index (χ3v) is 5.37. The van der Waals surface area contributed by atoms with Crippen molar-refractivity contribution in [1.29, 1.82) is 0 Å². The fraction of sp³-hybridized carbons (Fsp3) is 0.909. The van der Waals surface area contributed by atoms with Crippen molar-refractivity contribution >= 4 is 13.4 Å². The topological polar surface area (TPSA) is 74.6 Å². The highest BCUT2D eigenvalue weighted by Gasteiger charge is 2.43. The zero-order valence-electron chi connectivity index (χ0n) is 9.98. The van der Waals surface area contributed by atoms with E-state index in [0.717, 1.165) is 19.3 Å². The van der Waals surface area contributed by atoms with Gasteiger partial charge >= 0.3 is 7.60 Å². The number of hydrogen-bond donors (Lipinski definition) is 2. The van der Waals surface area contributed by atoms with Gasteiger partial charge < -0.3 is 9.79 Å². The van der Waals surface area contributed by atoms with E-state index < -0.39 is 12.8 Å². The SMILES string of the molecule is CC(C)(C(=O)CCC1CCCC1)P(=O)(O)O. The van der Waals surface area contributed by atoms with Gasteiger partial charge in [-0.25, -0.2) is 0 Å². The molecule has 0 spiro atoms. The van der Waals surface area contributed by atoms with Crippen molar-refractivity contribution in [2.75, 3.05) is 0 Å². The summed E-state index contributed by atoms with van der Waals surface area (Å²) >= 11 is 0. The lowest BCUT2D eigenvalue weighted by Gasteiger charge is -2.24. The van der Waals surface area contributed by atoms with Gasteiger partial charge in [0, 0.05) is 6.42 Å². The van der Waals surface area contributed by atoms with Crippen LogP contribution in [0.2, 0.25) is 0 Å². The van der Waals surface area contributed by atoms with E-state index in [1.54, 1.807) is 0 Å². The summed E-state index contributed by atoms with van der Waals surface area (Å²) < 4.78 is 11.2. The van der Waals surface area contributed by atoms with E-state index in [2.05, 4.69) is 0 Å². The van der Waals surface area contributed by atoms with Gasteiger partial charge in [-0.15, -0.1) is 0 Å². The number of ketones is 1. The Morgan fingerprint density at radius 3 is 2.25 bits per heavy atom. The van der Waals surface area contributed by atoms with Crippen LogP contribution in [0.25, 0.3) is 0 Å². The fourth-order valence-electron chi connectivity index (χ4n) is 2.10. The van der Waals surface area contributed by atoms with Crippen molar-refractivity contribution < 1.29 is 19.1 Å². The first-order chi connectivity index (χ1) is 7.25. The molecule has 4 nitrogen and oxygen atoms in total. The third-order valence-electron chi connectivity index (χ3n) is 3.66. The first kappa shape index (κ1) is 13.9. The second-order valence-electron chi connectivity index (χ2n) is 5.22. The quantitative estimate of drug-likeness (QED) is 0.733. The van der Waals surface area contributed by atoms with Gasteiger partial charge in [0.05, 0.1) is 0 Å². The minimum Gasteiger partial charge on any atom is -0.324 e. The molecule has 0 aromatic carbocycles. The highest BCUT2D eigenvalue weighted by molar-refractivity contribution is 7.54. The summed E-state index contributed by atoms with van der Waals surface area (Å²) in [6.07, 6.45) is 5.83. The van der Waals surface area contributed by atoms with Crippen LogP contribution in [0.1, 0.15) is 52.4 Å². The van der Waals surface area contributed by atoms with Crippen LogP contribution in [-0.4, -0.2) is 20.7 Å². The Morgan fingerprint density at radius 1 is 1.31 bits per heavy atom. The molecule has 0 aliphatic heterocycles. The fourth-order valence-corrected chi connectivity index (χ4v) is 2.54. The molecule has 1 aliphatic carbocycles. The Hall–Kier alpha value is -0.180. The third kappa shape index (κ3) is 3.16. The molecular formula is C11H21O4P. The molecule has 1 saturated carbocycles. The van der Waals surface area contributed by atoms with Gasteiger partial charge in [0.1, 0.15) is 5.16 Å². The summed E-state index contributed by atoms with van der Waals surface area (Å²) in [5.41, 5.74) is 0. The molecule has 0 atom stereocenters. The van der Waals surface area contributed by atoms with Crippen LogP contribution < -0.4 is 0 Å². The van der Waals surface area contributed by atoms with Crippen LogP contribution >= 0.6 is 7.60 Å². The van der Waals surface area contributed by atoms with Gasteiger partial charge in [-0.1, -0.05) is 25.7 Å². The van der Waals surface area contributed by atoms with E-state index in [1.165, 1.54) is 26.7 Å². The van der Waals surface area contributed by atoms with Crippen LogP contribution in [0.15, 0.2) is 0 Å². The van der Waals surface area contributed by atoms with Crippen molar-refractivity contribution in [2.45, 2.75) is 57.5 Å². The molecule has 1 rings (SSSR count). The summed E-state index contributed by atoms with van der Waals surface area (Å²) in [6, 6.07) is 0. The smallest absolute Gasteiger partial charge is 0.324 e. The summed E-state index contributed by atoms with van der Waals surface area (Å²) in [5, 5.41) is -1.52. The van der Waals surface area contributed by atoms with E-state index in [0.29, 0.717) is 12.3 Å². The van der Waals surface area contributed by atoms with Crippen LogP contribution in [0.4, 0.5) is 0 Å². The molecule has 0 aromatic heterocycles. The Labute approximate surface area is 96.6 Å². The predicted molar refractivity (Wildman–Crippen MR) is 62.3 cm³/mol.